The van der Waals surface area contributed by atoms with E-state index in [1.807, 2.05) is 7.05 Å². The summed E-state index contributed by atoms with van der Waals surface area (Å²) >= 11 is 0. The first-order chi connectivity index (χ1) is 9.90. The van der Waals surface area contributed by atoms with Crippen LogP contribution >= 0.6 is 0 Å². The molecule has 2 rings (SSSR count). The summed E-state index contributed by atoms with van der Waals surface area (Å²) in [4.78, 5) is 25.8. The van der Waals surface area contributed by atoms with Crippen molar-refractivity contribution in [3.05, 3.63) is 32.6 Å². The van der Waals surface area contributed by atoms with Crippen LogP contribution in [0.25, 0.3) is 0 Å². The van der Waals surface area contributed by atoms with E-state index in [-0.39, 0.29) is 23.3 Å². The Kier molecular flexibility index (Phi) is 5.00. The highest BCUT2D eigenvalue weighted by Gasteiger charge is 2.24. The van der Waals surface area contributed by atoms with E-state index in [2.05, 4.69) is 4.90 Å². The number of aromatic nitrogens is 2. The molecule has 1 aromatic heterocycles. The van der Waals surface area contributed by atoms with Gasteiger partial charge in [0.25, 0.3) is 5.56 Å². The summed E-state index contributed by atoms with van der Waals surface area (Å²) in [5, 5.41) is 10.0. The zero-order valence-electron chi connectivity index (χ0n) is 13.1. The first-order valence-corrected chi connectivity index (χ1v) is 7.52. The fraction of sp³-hybridized carbons (Fsp3) is 0.733. The Bertz CT molecular complexity index is 605. The van der Waals surface area contributed by atoms with Crippen LogP contribution in [0.3, 0.4) is 0 Å². The van der Waals surface area contributed by atoms with E-state index in [4.69, 9.17) is 0 Å². The van der Waals surface area contributed by atoms with Crippen LogP contribution in [0.1, 0.15) is 31.2 Å². The molecule has 1 heterocycles. The molecule has 0 amide bonds. The van der Waals surface area contributed by atoms with Crippen molar-refractivity contribution in [2.24, 2.45) is 20.0 Å². The number of nitrogens with zero attached hydrogens (tertiary/aromatic N) is 3. The molecule has 0 saturated heterocycles. The maximum atomic E-state index is 12.1. The third-order valence-corrected chi connectivity index (χ3v) is 4.37. The largest absolute Gasteiger partial charge is 0.393 e. The van der Waals surface area contributed by atoms with Gasteiger partial charge in [-0.15, -0.1) is 0 Å². The van der Waals surface area contributed by atoms with Crippen LogP contribution in [0.4, 0.5) is 0 Å². The summed E-state index contributed by atoms with van der Waals surface area (Å²) < 4.78 is 2.57. The zero-order valence-corrected chi connectivity index (χ0v) is 13.1. The van der Waals surface area contributed by atoms with Gasteiger partial charge < -0.3 is 14.6 Å². The van der Waals surface area contributed by atoms with Gasteiger partial charge in [-0.3, -0.25) is 9.36 Å². The Morgan fingerprint density at radius 3 is 2.62 bits per heavy atom. The maximum Gasteiger partial charge on any atom is 0.330 e. The Morgan fingerprint density at radius 1 is 1.29 bits per heavy atom. The summed E-state index contributed by atoms with van der Waals surface area (Å²) in [6, 6.07) is 0. The number of rotatable bonds is 4. The summed E-state index contributed by atoms with van der Waals surface area (Å²) in [7, 11) is 5.10. The van der Waals surface area contributed by atoms with E-state index in [0.717, 1.165) is 36.8 Å². The molecule has 2 atom stereocenters. The Morgan fingerprint density at radius 2 is 1.95 bits per heavy atom. The van der Waals surface area contributed by atoms with Gasteiger partial charge in [0.15, 0.2) is 0 Å². The van der Waals surface area contributed by atoms with Crippen molar-refractivity contribution in [1.29, 1.82) is 0 Å². The first kappa shape index (κ1) is 16.0. The van der Waals surface area contributed by atoms with Gasteiger partial charge in [0.05, 0.1) is 6.10 Å². The highest BCUT2D eigenvalue weighted by Crippen LogP contribution is 2.25. The highest BCUT2D eigenvalue weighted by molar-refractivity contribution is 5.05. The van der Waals surface area contributed by atoms with Gasteiger partial charge in [0.2, 0.25) is 0 Å². The van der Waals surface area contributed by atoms with Crippen LogP contribution in [-0.4, -0.2) is 38.8 Å². The van der Waals surface area contributed by atoms with Crippen molar-refractivity contribution >= 4 is 0 Å². The molecule has 0 radical (unpaired) electrons. The predicted octanol–water partition coefficient (Wildman–Crippen LogP) is 0.0669. The fourth-order valence-corrected chi connectivity index (χ4v) is 3.15. The average Bonchev–Trinajstić information content (AvgIpc) is 2.45. The van der Waals surface area contributed by atoms with Crippen LogP contribution in [0.5, 0.6) is 0 Å². The summed E-state index contributed by atoms with van der Waals surface area (Å²) in [5.41, 5.74) is 0.0515. The van der Waals surface area contributed by atoms with E-state index in [9.17, 15) is 14.7 Å². The molecule has 0 spiro atoms. The fourth-order valence-electron chi connectivity index (χ4n) is 3.15. The lowest BCUT2D eigenvalue weighted by Gasteiger charge is -2.31. The van der Waals surface area contributed by atoms with Crippen molar-refractivity contribution < 1.29 is 5.11 Å². The lowest BCUT2D eigenvalue weighted by molar-refractivity contribution is 0.0500. The van der Waals surface area contributed by atoms with E-state index in [1.165, 1.54) is 11.6 Å². The van der Waals surface area contributed by atoms with Gasteiger partial charge in [0, 0.05) is 38.9 Å². The maximum absolute atomic E-state index is 12.1. The van der Waals surface area contributed by atoms with Crippen molar-refractivity contribution in [1.82, 2.24) is 14.0 Å². The van der Waals surface area contributed by atoms with Gasteiger partial charge in [-0.1, -0.05) is 12.8 Å². The molecule has 1 aromatic rings. The van der Waals surface area contributed by atoms with Crippen molar-refractivity contribution in [2.75, 3.05) is 13.6 Å². The van der Waals surface area contributed by atoms with Crippen LogP contribution < -0.4 is 11.2 Å². The summed E-state index contributed by atoms with van der Waals surface area (Å²) in [6.07, 6.45) is 5.55. The molecule has 1 aliphatic rings. The molecule has 0 aliphatic heterocycles. The lowest BCUT2D eigenvalue weighted by Crippen LogP contribution is -2.41. The molecule has 1 N–H and O–H groups in total. The normalized spacial score (nSPS) is 22.7. The highest BCUT2D eigenvalue weighted by atomic mass is 16.3. The van der Waals surface area contributed by atoms with Gasteiger partial charge in [0.1, 0.15) is 0 Å². The van der Waals surface area contributed by atoms with Crippen LogP contribution in [0, 0.1) is 5.92 Å². The number of hydrogen-bond acceptors (Lipinski definition) is 4. The molecule has 1 saturated carbocycles. The minimum atomic E-state index is -0.311. The summed E-state index contributed by atoms with van der Waals surface area (Å²) in [6.45, 7) is 1.26. The van der Waals surface area contributed by atoms with E-state index >= 15 is 0 Å². The molecule has 1 aliphatic carbocycles. The molecule has 1 fully saturated rings. The predicted molar refractivity (Wildman–Crippen MR) is 81.2 cm³/mol. The molecule has 21 heavy (non-hydrogen) atoms. The molecule has 0 aromatic carbocycles. The minimum Gasteiger partial charge on any atom is -0.393 e. The monoisotopic (exact) mass is 295 g/mol. The standard InChI is InChI=1S/C15H25N3O3/c1-16(8-11-6-4-5-7-13(11)19)9-12-10-17(2)15(21)18(3)14(12)20/h10-11,13,19H,4-9H2,1-3H3. The minimum absolute atomic E-state index is 0.232. The molecular formula is C15H25N3O3. The second-order valence-electron chi connectivity index (χ2n) is 6.22. The molecule has 6 nitrogen and oxygen atoms in total. The SMILES string of the molecule is CN(Cc1cn(C)c(=O)n(C)c1=O)CC1CCCCC1O. The number of hydrogen-bond donors (Lipinski definition) is 1. The Hall–Kier alpha value is -1.40. The molecule has 118 valence electrons. The number of aliphatic hydroxyl groups excluding tert-OH is 1. The molecular weight excluding hydrogens is 270 g/mol. The molecule has 2 unspecified atom stereocenters. The van der Waals surface area contributed by atoms with Crippen molar-refractivity contribution in [3.63, 3.8) is 0 Å². The van der Waals surface area contributed by atoms with E-state index in [1.54, 1.807) is 13.2 Å². The van der Waals surface area contributed by atoms with Gasteiger partial charge in [-0.05, 0) is 25.8 Å². The van der Waals surface area contributed by atoms with Crippen LogP contribution in [0.15, 0.2) is 15.8 Å². The van der Waals surface area contributed by atoms with Gasteiger partial charge in [-0.25, -0.2) is 4.79 Å². The van der Waals surface area contributed by atoms with E-state index < -0.39 is 0 Å². The van der Waals surface area contributed by atoms with E-state index in [0.29, 0.717) is 12.1 Å². The van der Waals surface area contributed by atoms with Gasteiger partial charge in [-0.2, -0.15) is 0 Å². The third-order valence-electron chi connectivity index (χ3n) is 4.37. The number of aryl methyl sites for hydroxylation is 1. The zero-order chi connectivity index (χ0) is 15.6. The average molecular weight is 295 g/mol. The van der Waals surface area contributed by atoms with Crippen LogP contribution in [0.2, 0.25) is 0 Å². The van der Waals surface area contributed by atoms with Crippen molar-refractivity contribution in [3.8, 4) is 0 Å². The first-order valence-electron chi connectivity index (χ1n) is 7.52. The van der Waals surface area contributed by atoms with Gasteiger partial charge >= 0.3 is 5.69 Å². The van der Waals surface area contributed by atoms with Crippen molar-refractivity contribution in [2.45, 2.75) is 38.3 Å². The second kappa shape index (κ2) is 6.58. The lowest BCUT2D eigenvalue weighted by atomic mass is 9.86. The summed E-state index contributed by atoms with van der Waals surface area (Å²) in [5.74, 6) is 0.278. The molecule has 6 heteroatoms. The second-order valence-corrected chi connectivity index (χ2v) is 6.22. The smallest absolute Gasteiger partial charge is 0.330 e. The Balaban J connectivity index is 2.08. The topological polar surface area (TPSA) is 67.5 Å². The Labute approximate surface area is 124 Å². The molecule has 0 bridgehead atoms. The third kappa shape index (κ3) is 3.63. The van der Waals surface area contributed by atoms with Crippen LogP contribution in [-0.2, 0) is 20.6 Å². The number of aliphatic hydroxyl groups is 1. The quantitative estimate of drug-likeness (QED) is 0.853.